The lowest BCUT2D eigenvalue weighted by atomic mass is 9.99. The van der Waals surface area contributed by atoms with E-state index in [4.69, 9.17) is 4.74 Å². The molecule has 0 saturated carbocycles. The third-order valence-corrected chi connectivity index (χ3v) is 5.59. The molecule has 4 heterocycles. The number of aromatic nitrogens is 5. The summed E-state index contributed by atoms with van der Waals surface area (Å²) in [6.45, 7) is 2.35. The van der Waals surface area contributed by atoms with Crippen LogP contribution in [-0.2, 0) is 19.3 Å². The minimum Gasteiger partial charge on any atom is -0.493 e. The van der Waals surface area contributed by atoms with Crippen LogP contribution in [0.1, 0.15) is 34.6 Å². The predicted molar refractivity (Wildman–Crippen MR) is 107 cm³/mol. The Morgan fingerprint density at radius 2 is 2.00 bits per heavy atom. The number of halogens is 3. The van der Waals surface area contributed by atoms with Crippen molar-refractivity contribution in [1.82, 2.24) is 24.6 Å². The summed E-state index contributed by atoms with van der Waals surface area (Å²) in [6, 6.07) is 4.45. The average Bonchev–Trinajstić information content (AvgIpc) is 3.43. The number of hydrogen-bond acceptors (Lipinski definition) is 5. The van der Waals surface area contributed by atoms with Crippen molar-refractivity contribution in [3.63, 3.8) is 0 Å². The minimum atomic E-state index is -2.67. The number of hydrogen-bond donors (Lipinski definition) is 0. The zero-order valence-corrected chi connectivity index (χ0v) is 16.6. The summed E-state index contributed by atoms with van der Waals surface area (Å²) in [4.78, 5) is 8.32. The Labute approximate surface area is 175 Å². The van der Waals surface area contributed by atoms with E-state index in [1.807, 2.05) is 0 Å². The van der Waals surface area contributed by atoms with Crippen molar-refractivity contribution < 1.29 is 17.9 Å². The lowest BCUT2D eigenvalue weighted by molar-refractivity contribution is 0.146. The molecule has 0 unspecified atom stereocenters. The third kappa shape index (κ3) is 3.39. The molecule has 1 aliphatic rings. The van der Waals surface area contributed by atoms with E-state index < -0.39 is 6.43 Å². The highest BCUT2D eigenvalue weighted by Crippen LogP contribution is 2.32. The second kappa shape index (κ2) is 7.64. The van der Waals surface area contributed by atoms with E-state index in [-0.39, 0.29) is 11.5 Å². The molecule has 158 valence electrons. The molecular weight excluding hydrogens is 407 g/mol. The fourth-order valence-electron chi connectivity index (χ4n) is 4.01. The lowest BCUT2D eigenvalue weighted by Crippen LogP contribution is -2.06. The molecule has 0 saturated heterocycles. The summed E-state index contributed by atoms with van der Waals surface area (Å²) in [6.07, 6.45) is 3.46. The van der Waals surface area contributed by atoms with Gasteiger partial charge in [0.2, 0.25) is 0 Å². The van der Waals surface area contributed by atoms with Gasteiger partial charge in [-0.3, -0.25) is 9.38 Å². The van der Waals surface area contributed by atoms with Crippen molar-refractivity contribution in [1.29, 1.82) is 0 Å². The zero-order chi connectivity index (χ0) is 21.5. The Morgan fingerprint density at radius 1 is 1.13 bits per heavy atom. The molecule has 9 heteroatoms. The van der Waals surface area contributed by atoms with Gasteiger partial charge in [-0.05, 0) is 48.2 Å². The van der Waals surface area contributed by atoms with Crippen LogP contribution in [0.4, 0.5) is 13.2 Å². The Morgan fingerprint density at radius 3 is 2.84 bits per heavy atom. The normalized spacial score (nSPS) is 13.1. The number of ether oxygens (including phenoxy) is 1. The molecule has 0 N–H and O–H groups in total. The van der Waals surface area contributed by atoms with Crippen molar-refractivity contribution >= 4 is 5.65 Å². The van der Waals surface area contributed by atoms with E-state index in [2.05, 4.69) is 20.2 Å². The Kier molecular flexibility index (Phi) is 4.80. The van der Waals surface area contributed by atoms with Crippen molar-refractivity contribution in [3.05, 3.63) is 70.9 Å². The standard InChI is InChI=1S/C22H18F3N5O/c1-12-9-26-18(21(24)25)8-15(12)16-10-27-20(30-11-28-29-22(16)30)5-2-13-14-6-7-31-19(14)4-3-17(13)23/h3-4,8-11,21H,2,5-7H2,1H3. The summed E-state index contributed by atoms with van der Waals surface area (Å²) in [5, 5.41) is 8.15. The van der Waals surface area contributed by atoms with Gasteiger partial charge < -0.3 is 4.74 Å². The highest BCUT2D eigenvalue weighted by Gasteiger charge is 2.21. The van der Waals surface area contributed by atoms with Gasteiger partial charge >= 0.3 is 0 Å². The summed E-state index contributed by atoms with van der Waals surface area (Å²) >= 11 is 0. The number of benzene rings is 1. The molecule has 6 nitrogen and oxygen atoms in total. The topological polar surface area (TPSA) is 65.2 Å². The first-order chi connectivity index (χ1) is 15.0. The Balaban J connectivity index is 1.51. The van der Waals surface area contributed by atoms with Crippen LogP contribution in [0.15, 0.2) is 36.9 Å². The van der Waals surface area contributed by atoms with Gasteiger partial charge in [-0.1, -0.05) is 0 Å². The summed E-state index contributed by atoms with van der Waals surface area (Å²) in [7, 11) is 0. The number of nitrogens with zero attached hydrogens (tertiary/aromatic N) is 5. The smallest absolute Gasteiger partial charge is 0.280 e. The third-order valence-electron chi connectivity index (χ3n) is 5.59. The monoisotopic (exact) mass is 425 g/mol. The number of alkyl halides is 2. The van der Waals surface area contributed by atoms with E-state index in [0.717, 1.165) is 16.9 Å². The zero-order valence-electron chi connectivity index (χ0n) is 16.6. The van der Waals surface area contributed by atoms with Crippen LogP contribution in [0.25, 0.3) is 16.8 Å². The molecule has 1 aliphatic heterocycles. The van der Waals surface area contributed by atoms with Crippen LogP contribution in [0.3, 0.4) is 0 Å². The van der Waals surface area contributed by atoms with Gasteiger partial charge in [0, 0.05) is 36.4 Å². The highest BCUT2D eigenvalue weighted by atomic mass is 19.3. The van der Waals surface area contributed by atoms with Gasteiger partial charge in [-0.25, -0.2) is 18.2 Å². The van der Waals surface area contributed by atoms with Gasteiger partial charge in [0.1, 0.15) is 29.4 Å². The number of rotatable bonds is 5. The second-order valence-corrected chi connectivity index (χ2v) is 7.44. The SMILES string of the molecule is Cc1cnc(C(F)F)cc1-c1cnc(CCc2c(F)ccc3c2CCO3)n2cnnc12. The average molecular weight is 425 g/mol. The molecular formula is C22H18F3N5O. The summed E-state index contributed by atoms with van der Waals surface area (Å²) in [5.74, 6) is 1.13. The first-order valence-corrected chi connectivity index (χ1v) is 9.88. The highest BCUT2D eigenvalue weighted by molar-refractivity contribution is 5.78. The molecule has 0 bridgehead atoms. The molecule has 3 aromatic heterocycles. The fraction of sp³-hybridized carbons (Fsp3) is 0.273. The molecule has 1 aromatic carbocycles. The maximum atomic E-state index is 14.5. The van der Waals surface area contributed by atoms with E-state index in [1.165, 1.54) is 24.7 Å². The van der Waals surface area contributed by atoms with Crippen molar-refractivity contribution in [2.24, 2.45) is 0 Å². The van der Waals surface area contributed by atoms with E-state index >= 15 is 0 Å². The maximum Gasteiger partial charge on any atom is 0.280 e. The van der Waals surface area contributed by atoms with Crippen molar-refractivity contribution in [3.8, 4) is 16.9 Å². The van der Waals surface area contributed by atoms with E-state index in [1.54, 1.807) is 23.6 Å². The quantitative estimate of drug-likeness (QED) is 0.477. The van der Waals surface area contributed by atoms with Crippen LogP contribution in [0, 0.1) is 12.7 Å². The molecule has 0 radical (unpaired) electrons. The lowest BCUT2D eigenvalue weighted by Gasteiger charge is -2.12. The van der Waals surface area contributed by atoms with Gasteiger partial charge in [-0.2, -0.15) is 0 Å². The van der Waals surface area contributed by atoms with Gasteiger partial charge in [0.25, 0.3) is 6.43 Å². The minimum absolute atomic E-state index is 0.257. The van der Waals surface area contributed by atoms with Gasteiger partial charge in [-0.15, -0.1) is 10.2 Å². The molecule has 31 heavy (non-hydrogen) atoms. The Bertz CT molecular complexity index is 1290. The van der Waals surface area contributed by atoms with Crippen LogP contribution in [-0.4, -0.2) is 31.2 Å². The van der Waals surface area contributed by atoms with E-state index in [9.17, 15) is 13.2 Å². The predicted octanol–water partition coefficient (Wildman–Crippen LogP) is 4.29. The molecule has 0 spiro atoms. The van der Waals surface area contributed by atoms with Crippen LogP contribution in [0.2, 0.25) is 0 Å². The summed E-state index contributed by atoms with van der Waals surface area (Å²) < 4.78 is 48.0. The van der Waals surface area contributed by atoms with Crippen molar-refractivity contribution in [2.45, 2.75) is 32.6 Å². The number of pyridine rings is 1. The number of fused-ring (bicyclic) bond motifs is 2. The van der Waals surface area contributed by atoms with Crippen LogP contribution in [0.5, 0.6) is 5.75 Å². The molecule has 0 aliphatic carbocycles. The first-order valence-electron chi connectivity index (χ1n) is 9.88. The fourth-order valence-corrected chi connectivity index (χ4v) is 4.01. The summed E-state index contributed by atoms with van der Waals surface area (Å²) in [5.41, 5.74) is 3.62. The molecule has 4 aromatic rings. The molecule has 0 atom stereocenters. The van der Waals surface area contributed by atoms with Crippen LogP contribution >= 0.6 is 0 Å². The molecule has 5 rings (SSSR count). The van der Waals surface area contributed by atoms with Gasteiger partial charge in [0.05, 0.1) is 6.61 Å². The van der Waals surface area contributed by atoms with Crippen LogP contribution < -0.4 is 4.74 Å². The molecule has 0 amide bonds. The largest absolute Gasteiger partial charge is 0.493 e. The second-order valence-electron chi connectivity index (χ2n) is 7.44. The van der Waals surface area contributed by atoms with Crippen molar-refractivity contribution in [2.75, 3.05) is 6.61 Å². The number of aryl methyl sites for hydroxylation is 2. The maximum absolute atomic E-state index is 14.5. The van der Waals surface area contributed by atoms with E-state index in [0.29, 0.717) is 54.0 Å². The first kappa shape index (κ1) is 19.5. The van der Waals surface area contributed by atoms with Gasteiger partial charge in [0.15, 0.2) is 5.65 Å². The molecule has 0 fully saturated rings. The Hall–Kier alpha value is -3.49.